The normalized spacial score (nSPS) is 20.1. The zero-order valence-electron chi connectivity index (χ0n) is 22.5. The van der Waals surface area contributed by atoms with Crippen molar-refractivity contribution in [2.45, 2.75) is 38.0 Å². The molecule has 2 saturated heterocycles. The Balaban J connectivity index is 0.951. The number of anilines is 1. The number of halogens is 2. The van der Waals surface area contributed by atoms with Gasteiger partial charge in [-0.25, -0.2) is 4.98 Å². The number of pyridine rings is 1. The highest BCUT2D eigenvalue weighted by molar-refractivity contribution is 6.33. The molecule has 0 bridgehead atoms. The van der Waals surface area contributed by atoms with Gasteiger partial charge in [-0.15, -0.1) is 0 Å². The summed E-state index contributed by atoms with van der Waals surface area (Å²) in [6.45, 7) is 7.46. The Kier molecular flexibility index (Phi) is 8.35. The number of piperidine rings is 1. The first kappa shape index (κ1) is 27.2. The second kappa shape index (κ2) is 12.3. The highest BCUT2D eigenvalue weighted by atomic mass is 35.5. The van der Waals surface area contributed by atoms with Crippen molar-refractivity contribution in [3.63, 3.8) is 0 Å². The van der Waals surface area contributed by atoms with Gasteiger partial charge in [-0.2, -0.15) is 0 Å². The van der Waals surface area contributed by atoms with E-state index in [-0.39, 0.29) is 5.91 Å². The quantitative estimate of drug-likeness (QED) is 0.398. The fourth-order valence-electron chi connectivity index (χ4n) is 5.71. The first-order valence-corrected chi connectivity index (χ1v) is 14.8. The van der Waals surface area contributed by atoms with Crippen molar-refractivity contribution >= 4 is 41.1 Å². The van der Waals surface area contributed by atoms with Gasteiger partial charge in [0.2, 0.25) is 0 Å². The summed E-state index contributed by atoms with van der Waals surface area (Å²) >= 11 is 12.5. The first-order valence-electron chi connectivity index (χ1n) is 14.0. The van der Waals surface area contributed by atoms with Crippen LogP contribution in [0, 0.1) is 0 Å². The van der Waals surface area contributed by atoms with Gasteiger partial charge in [0.05, 0.1) is 10.6 Å². The molecule has 3 aliphatic heterocycles. The van der Waals surface area contributed by atoms with Gasteiger partial charge in [-0.1, -0.05) is 59.6 Å². The van der Waals surface area contributed by atoms with E-state index in [9.17, 15) is 4.79 Å². The van der Waals surface area contributed by atoms with Gasteiger partial charge in [-0.3, -0.25) is 19.6 Å². The number of amides is 1. The Bertz CT molecular complexity index is 1340. The molecule has 0 radical (unpaired) electrons. The summed E-state index contributed by atoms with van der Waals surface area (Å²) in [5, 5.41) is 4.10. The molecule has 0 saturated carbocycles. The van der Waals surface area contributed by atoms with E-state index in [4.69, 9.17) is 23.2 Å². The molecule has 4 heterocycles. The van der Waals surface area contributed by atoms with Crippen LogP contribution in [0.3, 0.4) is 0 Å². The molecule has 1 amide bonds. The summed E-state index contributed by atoms with van der Waals surface area (Å²) in [6.07, 6.45) is 6.01. The van der Waals surface area contributed by atoms with Crippen LogP contribution in [-0.4, -0.2) is 72.2 Å². The molecular weight excluding hydrogens is 543 g/mol. The van der Waals surface area contributed by atoms with E-state index < -0.39 is 0 Å². The molecule has 0 unspecified atom stereocenters. The lowest BCUT2D eigenvalue weighted by atomic mass is 10.0. The fourth-order valence-corrected chi connectivity index (χ4v) is 6.12. The number of nitrogens with zero attached hydrogens (tertiary/aromatic N) is 5. The van der Waals surface area contributed by atoms with Crippen LogP contribution >= 0.6 is 23.2 Å². The van der Waals surface area contributed by atoms with Gasteiger partial charge in [0.1, 0.15) is 11.9 Å². The van der Waals surface area contributed by atoms with E-state index in [0.29, 0.717) is 34.2 Å². The third-order valence-corrected chi connectivity index (χ3v) is 8.69. The number of carbonyl (C=O) groups excluding carboxylic acids is 1. The SMILES string of the molecule is O=C(NCc1ccc(Cl)cc1)c1cnc(N2CCN(C3CCN(Cc4ccc([C@H]5C=N5)cc4)CC3)CC2)c(Cl)c1. The van der Waals surface area contributed by atoms with Crippen molar-refractivity contribution in [1.29, 1.82) is 0 Å². The molecule has 3 aromatic rings. The first-order chi connectivity index (χ1) is 19.5. The van der Waals surface area contributed by atoms with Crippen LogP contribution in [0.25, 0.3) is 0 Å². The Morgan fingerprint density at radius 2 is 1.57 bits per heavy atom. The Morgan fingerprint density at radius 1 is 0.900 bits per heavy atom. The van der Waals surface area contributed by atoms with E-state index in [1.165, 1.54) is 24.0 Å². The Morgan fingerprint density at radius 3 is 2.23 bits per heavy atom. The van der Waals surface area contributed by atoms with Gasteiger partial charge in [-0.05, 0) is 60.8 Å². The summed E-state index contributed by atoms with van der Waals surface area (Å²) in [4.78, 5) is 28.9. The standard InChI is InChI=1S/C31H34Cl2N6O/c32-26-7-3-22(4-8-26)18-36-31(40)25-17-28(33)30(35-19-25)39-15-13-38(14-16-39)27-9-11-37(12-10-27)21-23-1-5-24(6-2-23)29-20-34-29/h1-8,17,19-20,27,29H,9-16,18,21H2,(H,36,40)/t29-/m1/s1. The minimum atomic E-state index is -0.197. The summed E-state index contributed by atoms with van der Waals surface area (Å²) in [5.74, 6) is 0.557. The lowest BCUT2D eigenvalue weighted by Gasteiger charge is -2.43. The number of likely N-dealkylation sites (tertiary alicyclic amines) is 1. The summed E-state index contributed by atoms with van der Waals surface area (Å²) < 4.78 is 0. The largest absolute Gasteiger partial charge is 0.353 e. The lowest BCUT2D eigenvalue weighted by Crippen LogP contribution is -2.53. The number of piperazine rings is 1. The van der Waals surface area contributed by atoms with Gasteiger partial charge in [0.15, 0.2) is 0 Å². The van der Waals surface area contributed by atoms with Crippen LogP contribution < -0.4 is 10.2 Å². The Labute approximate surface area is 245 Å². The summed E-state index contributed by atoms with van der Waals surface area (Å²) in [5.41, 5.74) is 4.11. The smallest absolute Gasteiger partial charge is 0.253 e. The Hall–Kier alpha value is -2.97. The van der Waals surface area contributed by atoms with Crippen LogP contribution in [0.4, 0.5) is 5.82 Å². The molecule has 3 aliphatic rings. The van der Waals surface area contributed by atoms with Crippen LogP contribution in [-0.2, 0) is 13.1 Å². The van der Waals surface area contributed by atoms with E-state index >= 15 is 0 Å². The van der Waals surface area contributed by atoms with E-state index in [0.717, 1.165) is 57.2 Å². The second-order valence-corrected chi connectivity index (χ2v) is 11.7. The van der Waals surface area contributed by atoms with E-state index in [1.54, 1.807) is 12.3 Å². The fraction of sp³-hybridized carbons (Fsp3) is 0.387. The molecule has 1 atom stereocenters. The zero-order valence-corrected chi connectivity index (χ0v) is 24.0. The van der Waals surface area contributed by atoms with Crippen LogP contribution in [0.1, 0.15) is 45.9 Å². The van der Waals surface area contributed by atoms with Crippen molar-refractivity contribution in [3.8, 4) is 0 Å². The van der Waals surface area contributed by atoms with Gasteiger partial charge in [0, 0.05) is 62.7 Å². The predicted octanol–water partition coefficient (Wildman–Crippen LogP) is 5.23. The predicted molar refractivity (Wildman–Crippen MR) is 162 cm³/mol. The van der Waals surface area contributed by atoms with Crippen LogP contribution in [0.2, 0.25) is 10.0 Å². The molecule has 0 aliphatic carbocycles. The average Bonchev–Trinajstić information content (AvgIpc) is 3.84. The number of hydrogen-bond donors (Lipinski definition) is 1. The van der Waals surface area contributed by atoms with Gasteiger partial charge in [0.25, 0.3) is 5.91 Å². The molecule has 2 fully saturated rings. The molecule has 7 nitrogen and oxygen atoms in total. The molecule has 40 heavy (non-hydrogen) atoms. The maximum absolute atomic E-state index is 12.6. The minimum absolute atomic E-state index is 0.197. The van der Waals surface area contributed by atoms with Crippen molar-refractivity contribution < 1.29 is 4.79 Å². The highest BCUT2D eigenvalue weighted by Gasteiger charge is 2.28. The maximum atomic E-state index is 12.6. The highest BCUT2D eigenvalue weighted by Crippen LogP contribution is 2.28. The monoisotopic (exact) mass is 576 g/mol. The number of rotatable bonds is 8. The topological polar surface area (TPSA) is 64.1 Å². The van der Waals surface area contributed by atoms with E-state index in [2.05, 4.69) is 54.3 Å². The third-order valence-electron chi connectivity index (χ3n) is 8.16. The number of carbonyl (C=O) groups is 1. The zero-order chi connectivity index (χ0) is 27.5. The molecular formula is C31H34Cl2N6O. The average molecular weight is 578 g/mol. The van der Waals surface area contributed by atoms with Gasteiger partial charge >= 0.3 is 0 Å². The maximum Gasteiger partial charge on any atom is 0.253 e. The molecule has 208 valence electrons. The number of aromatic nitrogens is 1. The third kappa shape index (κ3) is 6.66. The summed E-state index contributed by atoms with van der Waals surface area (Å²) in [7, 11) is 0. The molecule has 0 spiro atoms. The molecule has 1 N–H and O–H groups in total. The molecule has 1 aromatic heterocycles. The molecule has 9 heteroatoms. The van der Waals surface area contributed by atoms with E-state index in [1.807, 2.05) is 30.5 Å². The molecule has 2 aromatic carbocycles. The van der Waals surface area contributed by atoms with Crippen molar-refractivity contribution in [2.24, 2.45) is 4.99 Å². The van der Waals surface area contributed by atoms with Crippen molar-refractivity contribution in [1.82, 2.24) is 20.1 Å². The van der Waals surface area contributed by atoms with Crippen molar-refractivity contribution in [3.05, 3.63) is 93.1 Å². The number of benzene rings is 2. The van der Waals surface area contributed by atoms with Gasteiger partial charge < -0.3 is 10.2 Å². The van der Waals surface area contributed by atoms with Crippen LogP contribution in [0.5, 0.6) is 0 Å². The van der Waals surface area contributed by atoms with Crippen LogP contribution in [0.15, 0.2) is 65.8 Å². The second-order valence-electron chi connectivity index (χ2n) is 10.9. The lowest BCUT2D eigenvalue weighted by molar-refractivity contribution is 0.0950. The molecule has 6 rings (SSSR count). The number of hydrogen-bond acceptors (Lipinski definition) is 6. The number of aliphatic imine (C=N–C) groups is 1. The number of nitrogens with one attached hydrogen (secondary N) is 1. The summed E-state index contributed by atoms with van der Waals surface area (Å²) in [6, 6.07) is 19.0. The van der Waals surface area contributed by atoms with Crippen molar-refractivity contribution in [2.75, 3.05) is 44.2 Å². The minimum Gasteiger partial charge on any atom is -0.353 e.